The molecule has 0 aliphatic heterocycles. The fraction of sp³-hybridized carbons (Fsp3) is 0.387. The molecule has 2 N–H and O–H groups in total. The summed E-state index contributed by atoms with van der Waals surface area (Å²) < 4.78 is 6.13. The maximum absolute atomic E-state index is 12.6. The van der Waals surface area contributed by atoms with Crippen LogP contribution in [0, 0.1) is 5.92 Å². The molecule has 0 amide bonds. The average molecular weight is 502 g/mol. The number of carbonyl (C=O) groups is 1. The summed E-state index contributed by atoms with van der Waals surface area (Å²) in [4.78, 5) is 12.6. The third-order valence-corrected chi connectivity index (χ3v) is 8.94. The molecular formula is C31H32ClNO3. The molecule has 2 fully saturated rings. The number of fused-ring (bicyclic) bond motifs is 2. The fourth-order valence-electron chi connectivity index (χ4n) is 6.52. The van der Waals surface area contributed by atoms with Crippen LogP contribution in [-0.2, 0) is 16.6 Å². The number of anilines is 1. The fourth-order valence-corrected chi connectivity index (χ4v) is 6.71. The Labute approximate surface area is 217 Å². The van der Waals surface area contributed by atoms with Crippen LogP contribution < -0.4 is 10.1 Å². The highest BCUT2D eigenvalue weighted by atomic mass is 35.5. The van der Waals surface area contributed by atoms with E-state index in [1.54, 1.807) is 12.1 Å². The molecule has 0 heterocycles. The van der Waals surface area contributed by atoms with Crippen molar-refractivity contribution in [2.45, 2.75) is 61.8 Å². The summed E-state index contributed by atoms with van der Waals surface area (Å²) in [6.07, 6.45) is 6.24. The Bertz CT molecular complexity index is 1280. The summed E-state index contributed by atoms with van der Waals surface area (Å²) in [6.45, 7) is 0.801. The van der Waals surface area contributed by atoms with Gasteiger partial charge < -0.3 is 15.2 Å². The van der Waals surface area contributed by atoms with Gasteiger partial charge in [-0.2, -0.15) is 0 Å². The highest BCUT2D eigenvalue weighted by Crippen LogP contribution is 2.58. The Morgan fingerprint density at radius 2 is 1.75 bits per heavy atom. The van der Waals surface area contributed by atoms with E-state index in [1.165, 1.54) is 29.5 Å². The normalized spacial score (nSPS) is 27.0. The first kappa shape index (κ1) is 23.4. The molecule has 0 radical (unpaired) electrons. The minimum atomic E-state index is -1.01. The second-order valence-corrected chi connectivity index (χ2v) is 11.4. The molecule has 3 aliphatic carbocycles. The predicted octanol–water partition coefficient (Wildman–Crippen LogP) is 7.22. The molecule has 186 valence electrons. The molecule has 1 atom stereocenters. The number of halogens is 1. The lowest BCUT2D eigenvalue weighted by Gasteiger charge is -2.47. The van der Waals surface area contributed by atoms with Crippen molar-refractivity contribution in [1.29, 1.82) is 0 Å². The van der Waals surface area contributed by atoms with Crippen molar-refractivity contribution in [2.75, 3.05) is 11.9 Å². The molecule has 1 spiro atoms. The van der Waals surface area contributed by atoms with Gasteiger partial charge in [-0.15, -0.1) is 0 Å². The molecule has 36 heavy (non-hydrogen) atoms. The van der Waals surface area contributed by atoms with Gasteiger partial charge in [0.05, 0.1) is 6.61 Å². The zero-order valence-corrected chi connectivity index (χ0v) is 21.1. The molecule has 0 bridgehead atoms. The summed E-state index contributed by atoms with van der Waals surface area (Å²) in [7, 11) is 0. The number of ether oxygens (including phenoxy) is 1. The molecule has 6 rings (SSSR count). The number of carboxylic acids is 1. The van der Waals surface area contributed by atoms with Crippen LogP contribution in [0.25, 0.3) is 0 Å². The second kappa shape index (κ2) is 9.15. The van der Waals surface area contributed by atoms with Gasteiger partial charge in [-0.25, -0.2) is 4.79 Å². The predicted molar refractivity (Wildman–Crippen MR) is 143 cm³/mol. The van der Waals surface area contributed by atoms with Gasteiger partial charge in [-0.05, 0) is 104 Å². The highest BCUT2D eigenvalue weighted by Gasteiger charge is 2.54. The van der Waals surface area contributed by atoms with Gasteiger partial charge in [0.1, 0.15) is 11.3 Å². The molecule has 3 aromatic rings. The van der Waals surface area contributed by atoms with Crippen LogP contribution in [0.2, 0.25) is 5.02 Å². The van der Waals surface area contributed by atoms with Crippen LogP contribution in [0.4, 0.5) is 5.69 Å². The monoisotopic (exact) mass is 501 g/mol. The van der Waals surface area contributed by atoms with E-state index in [9.17, 15) is 9.90 Å². The van der Waals surface area contributed by atoms with Crippen LogP contribution in [0.5, 0.6) is 5.75 Å². The van der Waals surface area contributed by atoms with Gasteiger partial charge in [0.15, 0.2) is 0 Å². The molecule has 5 heteroatoms. The van der Waals surface area contributed by atoms with E-state index in [-0.39, 0.29) is 5.41 Å². The minimum Gasteiger partial charge on any atom is -0.493 e. The average Bonchev–Trinajstić information content (AvgIpc) is 3.67. The molecule has 3 aliphatic rings. The lowest BCUT2D eigenvalue weighted by atomic mass is 9.59. The summed E-state index contributed by atoms with van der Waals surface area (Å²) in [5.41, 5.74) is 3.74. The van der Waals surface area contributed by atoms with Gasteiger partial charge in [0.25, 0.3) is 0 Å². The maximum atomic E-state index is 12.6. The summed E-state index contributed by atoms with van der Waals surface area (Å²) in [5, 5.41) is 14.3. The van der Waals surface area contributed by atoms with Crippen molar-refractivity contribution in [3.05, 3.63) is 94.5 Å². The Kier molecular flexibility index (Phi) is 5.95. The third-order valence-electron chi connectivity index (χ3n) is 8.70. The first-order valence-corrected chi connectivity index (χ1v) is 13.4. The van der Waals surface area contributed by atoms with E-state index in [1.807, 2.05) is 12.1 Å². The van der Waals surface area contributed by atoms with Crippen LogP contribution in [0.15, 0.2) is 72.8 Å². The number of hydrogen-bond donors (Lipinski definition) is 2. The largest absolute Gasteiger partial charge is 0.493 e. The molecule has 0 saturated heterocycles. The number of carboxylic acid groups (broad SMARTS) is 1. The number of nitrogens with one attached hydrogen (secondary N) is 1. The van der Waals surface area contributed by atoms with E-state index in [0.29, 0.717) is 29.7 Å². The molecular weight excluding hydrogens is 470 g/mol. The van der Waals surface area contributed by atoms with Gasteiger partial charge in [0.2, 0.25) is 0 Å². The quantitative estimate of drug-likeness (QED) is 0.359. The first-order valence-electron chi connectivity index (χ1n) is 13.1. The van der Waals surface area contributed by atoms with Crippen LogP contribution in [-0.4, -0.2) is 23.2 Å². The lowest BCUT2D eigenvalue weighted by Crippen LogP contribution is -2.52. The first-order chi connectivity index (χ1) is 17.5. The Morgan fingerprint density at radius 1 is 0.972 bits per heavy atom. The summed E-state index contributed by atoms with van der Waals surface area (Å²) in [6, 6.07) is 24.7. The van der Waals surface area contributed by atoms with Gasteiger partial charge in [-0.1, -0.05) is 54.1 Å². The maximum Gasteiger partial charge on any atom is 0.329 e. The van der Waals surface area contributed by atoms with Crippen molar-refractivity contribution in [3.8, 4) is 5.75 Å². The topological polar surface area (TPSA) is 58.6 Å². The zero-order chi connectivity index (χ0) is 24.8. The molecule has 0 unspecified atom stereocenters. The van der Waals surface area contributed by atoms with Crippen molar-refractivity contribution in [1.82, 2.24) is 0 Å². The van der Waals surface area contributed by atoms with E-state index in [2.05, 4.69) is 53.8 Å². The third kappa shape index (κ3) is 4.26. The van der Waals surface area contributed by atoms with Crippen LogP contribution in [0.3, 0.4) is 0 Å². The zero-order valence-electron chi connectivity index (χ0n) is 20.4. The van der Waals surface area contributed by atoms with E-state index in [4.69, 9.17) is 16.3 Å². The van der Waals surface area contributed by atoms with Crippen LogP contribution in [0.1, 0.15) is 61.1 Å². The smallest absolute Gasteiger partial charge is 0.329 e. The molecule has 2 saturated carbocycles. The highest BCUT2D eigenvalue weighted by molar-refractivity contribution is 6.30. The van der Waals surface area contributed by atoms with Crippen molar-refractivity contribution < 1.29 is 14.6 Å². The number of rotatable bonds is 7. The van der Waals surface area contributed by atoms with Gasteiger partial charge in [-0.3, -0.25) is 0 Å². The minimum absolute atomic E-state index is 0.0827. The molecule has 0 aromatic heterocycles. The van der Waals surface area contributed by atoms with Crippen LogP contribution >= 0.6 is 11.6 Å². The Balaban J connectivity index is 1.31. The Morgan fingerprint density at radius 3 is 2.50 bits per heavy atom. The van der Waals surface area contributed by atoms with Crippen molar-refractivity contribution >= 4 is 23.3 Å². The number of benzene rings is 3. The second-order valence-electron chi connectivity index (χ2n) is 10.9. The van der Waals surface area contributed by atoms with E-state index >= 15 is 0 Å². The SMILES string of the molecule is O=C(O)C1(Nc2cccc(Cl)c2)CCC2(CC1)c1ccccc1C[C@H]2c1cccc(OCC2CC2)c1. The van der Waals surface area contributed by atoms with Gasteiger partial charge in [0, 0.05) is 16.1 Å². The summed E-state index contributed by atoms with van der Waals surface area (Å²) in [5.74, 6) is 1.17. The number of aliphatic carboxylic acids is 1. The standard InChI is InChI=1S/C31H32ClNO3/c32-24-7-4-8-25(19-24)33-31(29(34)35)15-13-30(14-16-31)27-10-2-1-5-23(27)18-28(30)22-6-3-9-26(17-22)36-20-21-11-12-21/h1-10,17,19,21,28,33H,11-16,18,20H2,(H,34,35)/t28-,30?,31?/m0/s1. The molecule has 3 aromatic carbocycles. The van der Waals surface area contributed by atoms with Crippen molar-refractivity contribution in [3.63, 3.8) is 0 Å². The lowest BCUT2D eigenvalue weighted by molar-refractivity contribution is -0.144. The molecule has 4 nitrogen and oxygen atoms in total. The van der Waals surface area contributed by atoms with Gasteiger partial charge >= 0.3 is 5.97 Å². The van der Waals surface area contributed by atoms with E-state index in [0.717, 1.165) is 37.3 Å². The number of hydrogen-bond acceptors (Lipinski definition) is 3. The van der Waals surface area contributed by atoms with E-state index < -0.39 is 11.5 Å². The Hall–Kier alpha value is -2.98. The van der Waals surface area contributed by atoms with Crippen molar-refractivity contribution in [2.24, 2.45) is 5.92 Å². The summed E-state index contributed by atoms with van der Waals surface area (Å²) >= 11 is 6.19.